The van der Waals surface area contributed by atoms with E-state index in [2.05, 4.69) is 132 Å². The zero-order valence-electron chi connectivity index (χ0n) is 41.7. The Bertz CT molecular complexity index is 3570. The number of benzene rings is 7. The molecule has 9 rings (SSSR count). The van der Waals surface area contributed by atoms with Crippen LogP contribution in [0, 0.1) is 22.7 Å². The van der Waals surface area contributed by atoms with Crippen molar-refractivity contribution in [1.29, 1.82) is 10.5 Å². The maximum Gasteiger partial charge on any atom is 0.346 e. The van der Waals surface area contributed by atoms with Crippen LogP contribution in [0.2, 0.25) is 0 Å². The molecule has 11 heteroatoms. The lowest BCUT2D eigenvalue weighted by Crippen LogP contribution is -2.09. The van der Waals surface area contributed by atoms with Crippen LogP contribution >= 0.6 is 22.7 Å². The highest BCUT2D eigenvalue weighted by atomic mass is 32.1. The molecule has 0 saturated heterocycles. The van der Waals surface area contributed by atoms with Crippen LogP contribution in [-0.2, 0) is 9.59 Å². The fraction of sp³-hybridized carbons (Fsp3) is 0.0303. The van der Waals surface area contributed by atoms with Crippen LogP contribution in [0.15, 0.2) is 205 Å². The van der Waals surface area contributed by atoms with E-state index < -0.39 is 11.9 Å². The molecule has 0 aliphatic rings. The van der Waals surface area contributed by atoms with E-state index in [1.54, 1.807) is 26.4 Å². The van der Waals surface area contributed by atoms with Gasteiger partial charge in [-0.1, -0.05) is 133 Å². The summed E-state index contributed by atoms with van der Waals surface area (Å²) in [6.07, 6.45) is 13.3. The number of anilines is 3. The average Bonchev–Trinajstić information content (AvgIpc) is 4.16. The summed E-state index contributed by atoms with van der Waals surface area (Å²) in [5.41, 5.74) is 12.6. The van der Waals surface area contributed by atoms with E-state index in [4.69, 9.17) is 20.0 Å². The van der Waals surface area contributed by atoms with E-state index in [0.717, 1.165) is 94.0 Å². The molecule has 374 valence electrons. The standard InChI is InChI=1S/C66H47N3O6S2/c1-74-58-31-21-49(22-32-58)62(50-23-33-59(75-2)34-24-50)39-48-15-29-57(30-16-48)69(55-25-11-46(12-26-55)5-3-44-7-17-51(18-8-44)63-37-35-60(76-63)40-53(42-67)65(70)71)56-27-13-47(14-28-56)6-4-45-9-19-52(20-10-45)64-38-36-61(77-64)41-54(43-68)66(72)73/h3-41H,1-2H3,(H,70,71)(H,72,73)/b5-3+,6-4+,53-40-,54-41-. The number of nitrogens with zero attached hydrogens (tertiary/aromatic N) is 3. The molecule has 0 radical (unpaired) electrons. The summed E-state index contributed by atoms with van der Waals surface area (Å²) in [6.45, 7) is 0. The van der Waals surface area contributed by atoms with Gasteiger partial charge in [-0.15, -0.1) is 22.7 Å². The number of carboxylic acids is 2. The Balaban J connectivity index is 0.969. The van der Waals surface area contributed by atoms with Crippen molar-refractivity contribution in [2.24, 2.45) is 0 Å². The number of carboxylic acid groups (broad SMARTS) is 2. The maximum absolute atomic E-state index is 11.3. The number of ether oxygens (including phenoxy) is 2. The number of thiophene rings is 2. The lowest BCUT2D eigenvalue weighted by atomic mass is 9.95. The lowest BCUT2D eigenvalue weighted by molar-refractivity contribution is -0.133. The van der Waals surface area contributed by atoms with Crippen molar-refractivity contribution in [2.45, 2.75) is 0 Å². The quantitative estimate of drug-likeness (QED) is 0.0487. The number of carbonyl (C=O) groups is 2. The van der Waals surface area contributed by atoms with Gasteiger partial charge in [-0.25, -0.2) is 9.59 Å². The Kier molecular flexibility index (Phi) is 16.4. The summed E-state index contributed by atoms with van der Waals surface area (Å²) in [5, 5.41) is 36.8. The van der Waals surface area contributed by atoms with Gasteiger partial charge in [-0.3, -0.25) is 0 Å². The molecule has 0 fully saturated rings. The number of methoxy groups -OCH3 is 2. The first kappa shape index (κ1) is 51.8. The molecule has 0 aliphatic heterocycles. The summed E-state index contributed by atoms with van der Waals surface area (Å²) < 4.78 is 10.9. The highest BCUT2D eigenvalue weighted by Crippen LogP contribution is 2.37. The van der Waals surface area contributed by atoms with Gasteiger partial charge in [0.15, 0.2) is 0 Å². The third-order valence-electron chi connectivity index (χ3n) is 12.4. The molecular weight excluding hydrogens is 995 g/mol. The molecule has 9 aromatic rings. The number of aliphatic carboxylic acids is 2. The van der Waals surface area contributed by atoms with Gasteiger partial charge in [-0.05, 0) is 159 Å². The molecule has 2 aromatic heterocycles. The second-order valence-electron chi connectivity index (χ2n) is 17.4. The Hall–Kier alpha value is -10.0. The monoisotopic (exact) mass is 1040 g/mol. The zero-order valence-corrected chi connectivity index (χ0v) is 43.3. The minimum atomic E-state index is -1.25. The van der Waals surface area contributed by atoms with Crippen LogP contribution in [0.4, 0.5) is 17.1 Å². The van der Waals surface area contributed by atoms with Crippen LogP contribution in [-0.4, -0.2) is 36.4 Å². The summed E-state index contributed by atoms with van der Waals surface area (Å²) in [4.78, 5) is 28.2. The SMILES string of the molecule is COc1ccc(C(=Cc2ccc(N(c3ccc(/C=C/c4ccc(-c5ccc(/C=C(/C#N)C(=O)O)s5)cc4)cc3)c3ccc(/C=C/c4ccc(-c5ccc(/C=C(/C#N)C(=O)O)s5)cc4)cc3)cc2)c2ccc(OC)cc2)cc1. The number of nitriles is 2. The van der Waals surface area contributed by atoms with Gasteiger partial charge in [0.05, 0.1) is 14.2 Å². The normalized spacial score (nSPS) is 11.5. The number of rotatable bonds is 18. The van der Waals surface area contributed by atoms with Crippen LogP contribution in [0.3, 0.4) is 0 Å². The second kappa shape index (κ2) is 24.3. The molecule has 0 aliphatic carbocycles. The second-order valence-corrected chi connectivity index (χ2v) is 19.6. The first-order chi connectivity index (χ1) is 37.6. The molecule has 9 nitrogen and oxygen atoms in total. The van der Waals surface area contributed by atoms with Gasteiger partial charge >= 0.3 is 11.9 Å². The van der Waals surface area contributed by atoms with Gasteiger partial charge in [0.1, 0.15) is 34.8 Å². The molecule has 0 bridgehead atoms. The van der Waals surface area contributed by atoms with Gasteiger partial charge in [0.2, 0.25) is 0 Å². The van der Waals surface area contributed by atoms with E-state index in [-0.39, 0.29) is 11.1 Å². The first-order valence-electron chi connectivity index (χ1n) is 24.1. The zero-order chi connectivity index (χ0) is 53.7. The van der Waals surface area contributed by atoms with E-state index >= 15 is 0 Å². The van der Waals surface area contributed by atoms with Crippen LogP contribution in [0.5, 0.6) is 11.5 Å². The predicted octanol–water partition coefficient (Wildman–Crippen LogP) is 16.5. The molecule has 7 aromatic carbocycles. The summed E-state index contributed by atoms with van der Waals surface area (Å²) in [7, 11) is 3.33. The molecule has 0 saturated carbocycles. The third-order valence-corrected chi connectivity index (χ3v) is 14.6. The molecule has 2 N–H and O–H groups in total. The fourth-order valence-corrected chi connectivity index (χ4v) is 10.2. The Morgan fingerprint density at radius 2 is 0.753 bits per heavy atom. The summed E-state index contributed by atoms with van der Waals surface area (Å²) >= 11 is 2.86. The predicted molar refractivity (Wildman–Crippen MR) is 314 cm³/mol. The molecule has 0 amide bonds. The number of hydrogen-bond donors (Lipinski definition) is 2. The first-order valence-corrected chi connectivity index (χ1v) is 25.8. The smallest absolute Gasteiger partial charge is 0.346 e. The van der Waals surface area contributed by atoms with Crippen LogP contribution < -0.4 is 14.4 Å². The van der Waals surface area contributed by atoms with Crippen molar-refractivity contribution < 1.29 is 29.3 Å². The third kappa shape index (κ3) is 13.0. The van der Waals surface area contributed by atoms with Crippen molar-refractivity contribution in [1.82, 2.24) is 0 Å². The highest BCUT2D eigenvalue weighted by Gasteiger charge is 2.15. The minimum Gasteiger partial charge on any atom is -0.497 e. The van der Waals surface area contributed by atoms with Gasteiger partial charge in [0, 0.05) is 36.6 Å². The number of hydrogen-bond acceptors (Lipinski definition) is 9. The van der Waals surface area contributed by atoms with E-state index in [9.17, 15) is 19.8 Å². The molecule has 0 unspecified atom stereocenters. The Labute approximate surface area is 454 Å². The summed E-state index contributed by atoms with van der Waals surface area (Å²) in [6, 6.07) is 68.9. The van der Waals surface area contributed by atoms with Gasteiger partial charge in [0.25, 0.3) is 0 Å². The fourth-order valence-electron chi connectivity index (χ4n) is 8.32. The van der Waals surface area contributed by atoms with Crippen LogP contribution in [0.1, 0.15) is 48.7 Å². The Morgan fingerprint density at radius 1 is 0.429 bits per heavy atom. The average molecular weight is 1040 g/mol. The van der Waals surface area contributed by atoms with Crippen LogP contribution in [0.25, 0.3) is 69.0 Å². The molecule has 0 atom stereocenters. The van der Waals surface area contributed by atoms with Gasteiger partial charge in [-0.2, -0.15) is 10.5 Å². The van der Waals surface area contributed by atoms with E-state index in [0.29, 0.717) is 9.75 Å². The highest BCUT2D eigenvalue weighted by molar-refractivity contribution is 7.16. The van der Waals surface area contributed by atoms with E-state index in [1.165, 1.54) is 34.8 Å². The van der Waals surface area contributed by atoms with E-state index in [1.807, 2.05) is 97.1 Å². The van der Waals surface area contributed by atoms with Crippen molar-refractivity contribution in [3.8, 4) is 44.5 Å². The van der Waals surface area contributed by atoms with Gasteiger partial charge < -0.3 is 24.6 Å². The molecule has 0 spiro atoms. The largest absolute Gasteiger partial charge is 0.497 e. The maximum atomic E-state index is 11.3. The Morgan fingerprint density at radius 3 is 1.06 bits per heavy atom. The minimum absolute atomic E-state index is 0.302. The van der Waals surface area contributed by atoms with Crippen molar-refractivity contribution >= 4 is 99.8 Å². The van der Waals surface area contributed by atoms with Crippen molar-refractivity contribution in [3.05, 3.63) is 254 Å². The molecule has 77 heavy (non-hydrogen) atoms. The molecular formula is C66H47N3O6S2. The van der Waals surface area contributed by atoms with Crippen molar-refractivity contribution in [3.63, 3.8) is 0 Å². The molecule has 2 heterocycles. The topological polar surface area (TPSA) is 144 Å². The lowest BCUT2D eigenvalue weighted by Gasteiger charge is -2.26. The summed E-state index contributed by atoms with van der Waals surface area (Å²) in [5.74, 6) is -0.920. The van der Waals surface area contributed by atoms with Crippen molar-refractivity contribution in [2.75, 3.05) is 19.1 Å².